The summed E-state index contributed by atoms with van der Waals surface area (Å²) in [5.41, 5.74) is 2.66. The zero-order valence-corrected chi connectivity index (χ0v) is 20.5. The van der Waals surface area contributed by atoms with Gasteiger partial charge in [0.25, 0.3) is 5.91 Å². The van der Waals surface area contributed by atoms with Gasteiger partial charge in [0, 0.05) is 37.9 Å². The fraction of sp³-hybridized carbons (Fsp3) is 0.276. The number of hydrogen-bond acceptors (Lipinski definition) is 3. The monoisotopic (exact) mass is 481 g/mol. The van der Waals surface area contributed by atoms with Crippen LogP contribution >= 0.6 is 0 Å². The molecule has 0 radical (unpaired) electrons. The van der Waals surface area contributed by atoms with Crippen LogP contribution in [0.15, 0.2) is 91.4 Å². The Morgan fingerprint density at radius 3 is 2.25 bits per heavy atom. The average molecular weight is 482 g/mol. The number of piperidine rings is 1. The lowest BCUT2D eigenvalue weighted by molar-refractivity contribution is -0.126. The number of hydrogen-bond donors (Lipinski definition) is 1. The van der Waals surface area contributed by atoms with Crippen LogP contribution in [0.1, 0.15) is 41.6 Å². The van der Waals surface area contributed by atoms with E-state index in [1.54, 1.807) is 10.9 Å². The van der Waals surface area contributed by atoms with Crippen molar-refractivity contribution in [2.45, 2.75) is 25.7 Å². The summed E-state index contributed by atoms with van der Waals surface area (Å²) >= 11 is 0. The van der Waals surface area contributed by atoms with Gasteiger partial charge in [-0.2, -0.15) is 5.10 Å². The molecule has 1 unspecified atom stereocenters. The van der Waals surface area contributed by atoms with E-state index in [-0.39, 0.29) is 23.7 Å². The highest BCUT2D eigenvalue weighted by molar-refractivity contribution is 5.97. The lowest BCUT2D eigenvalue weighted by Crippen LogP contribution is -2.43. The van der Waals surface area contributed by atoms with Gasteiger partial charge >= 0.3 is 0 Å². The molecule has 0 bridgehead atoms. The van der Waals surface area contributed by atoms with Crippen molar-refractivity contribution in [3.8, 4) is 11.5 Å². The van der Waals surface area contributed by atoms with E-state index in [2.05, 4.69) is 29.5 Å². The molecule has 0 aliphatic carbocycles. The van der Waals surface area contributed by atoms with E-state index in [9.17, 15) is 9.59 Å². The molecule has 36 heavy (non-hydrogen) atoms. The van der Waals surface area contributed by atoms with Gasteiger partial charge in [-0.3, -0.25) is 9.59 Å². The molecular weight excluding hydrogens is 450 g/mol. The summed E-state index contributed by atoms with van der Waals surface area (Å²) in [6.07, 6.45) is 6.79. The average Bonchev–Trinajstić information content (AvgIpc) is 3.62. The number of likely N-dealkylation sites (tertiary alicyclic amines) is 1. The summed E-state index contributed by atoms with van der Waals surface area (Å²) in [5, 5.41) is 7.67. The molecule has 1 atom stereocenters. The van der Waals surface area contributed by atoms with Crippen LogP contribution in [0.2, 0.25) is 0 Å². The minimum atomic E-state index is -0.0759. The van der Waals surface area contributed by atoms with E-state index in [0.717, 1.165) is 5.69 Å². The Kier molecular flexibility index (Phi) is 6.98. The summed E-state index contributed by atoms with van der Waals surface area (Å²) in [6.45, 7) is 3.83. The van der Waals surface area contributed by atoms with E-state index in [1.165, 1.54) is 5.56 Å². The number of aromatic nitrogens is 3. The molecule has 1 fully saturated rings. The number of para-hydroxylation sites is 1. The molecule has 184 valence electrons. The third-order valence-electron chi connectivity index (χ3n) is 6.93. The van der Waals surface area contributed by atoms with Crippen molar-refractivity contribution in [1.82, 2.24) is 24.6 Å². The van der Waals surface area contributed by atoms with Crippen molar-refractivity contribution in [1.29, 1.82) is 0 Å². The normalized spacial score (nSPS) is 15.0. The van der Waals surface area contributed by atoms with E-state index < -0.39 is 0 Å². The van der Waals surface area contributed by atoms with Gasteiger partial charge < -0.3 is 14.8 Å². The third-order valence-corrected chi connectivity index (χ3v) is 6.93. The molecule has 7 heteroatoms. The topological polar surface area (TPSA) is 72.2 Å². The SMILES string of the molecule is CC(CNC(=O)C1CCN(C(=O)c2cnn(-c3ccccc3)c2-n2cccc2)CC1)c1ccccc1. The van der Waals surface area contributed by atoms with Gasteiger partial charge in [-0.1, -0.05) is 55.5 Å². The van der Waals surface area contributed by atoms with Crippen LogP contribution < -0.4 is 5.32 Å². The zero-order valence-electron chi connectivity index (χ0n) is 20.5. The smallest absolute Gasteiger partial charge is 0.259 e. The van der Waals surface area contributed by atoms with Gasteiger partial charge in [-0.15, -0.1) is 0 Å². The molecule has 4 aromatic rings. The predicted octanol–water partition coefficient (Wildman–Crippen LogP) is 4.44. The fourth-order valence-electron chi connectivity index (χ4n) is 4.79. The summed E-state index contributed by atoms with van der Waals surface area (Å²) < 4.78 is 3.71. The first-order valence-corrected chi connectivity index (χ1v) is 12.5. The minimum absolute atomic E-state index is 0.0579. The number of amides is 2. The molecule has 1 aliphatic heterocycles. The maximum Gasteiger partial charge on any atom is 0.259 e. The van der Waals surface area contributed by atoms with Crippen molar-refractivity contribution in [3.05, 3.63) is 103 Å². The molecule has 2 aromatic heterocycles. The van der Waals surface area contributed by atoms with Gasteiger partial charge in [-0.05, 0) is 48.6 Å². The fourth-order valence-corrected chi connectivity index (χ4v) is 4.79. The van der Waals surface area contributed by atoms with E-state index in [0.29, 0.717) is 43.9 Å². The Morgan fingerprint density at radius 2 is 1.58 bits per heavy atom. The second kappa shape index (κ2) is 10.6. The maximum atomic E-state index is 13.6. The Labute approximate surface area is 211 Å². The summed E-state index contributed by atoms with van der Waals surface area (Å²) in [6, 6.07) is 23.9. The van der Waals surface area contributed by atoms with E-state index >= 15 is 0 Å². The Balaban J connectivity index is 1.24. The van der Waals surface area contributed by atoms with Crippen LogP contribution in [0.4, 0.5) is 0 Å². The third kappa shape index (κ3) is 4.96. The number of nitrogens with zero attached hydrogens (tertiary/aromatic N) is 4. The lowest BCUT2D eigenvalue weighted by Gasteiger charge is -2.31. The van der Waals surface area contributed by atoms with E-state index in [1.807, 2.05) is 82.5 Å². The van der Waals surface area contributed by atoms with Crippen molar-refractivity contribution in [2.75, 3.05) is 19.6 Å². The van der Waals surface area contributed by atoms with Gasteiger partial charge in [0.05, 0.1) is 11.9 Å². The molecular formula is C29H31N5O2. The van der Waals surface area contributed by atoms with Gasteiger partial charge in [-0.25, -0.2) is 4.68 Å². The predicted molar refractivity (Wildman–Crippen MR) is 139 cm³/mol. The molecule has 2 aromatic carbocycles. The number of rotatable bonds is 7. The van der Waals surface area contributed by atoms with Crippen LogP contribution in [0.5, 0.6) is 0 Å². The summed E-state index contributed by atoms with van der Waals surface area (Å²) in [7, 11) is 0. The van der Waals surface area contributed by atoms with Crippen molar-refractivity contribution < 1.29 is 9.59 Å². The lowest BCUT2D eigenvalue weighted by atomic mass is 9.94. The van der Waals surface area contributed by atoms with E-state index in [4.69, 9.17) is 0 Å². The van der Waals surface area contributed by atoms with Crippen molar-refractivity contribution in [3.63, 3.8) is 0 Å². The quantitative estimate of drug-likeness (QED) is 0.424. The molecule has 5 rings (SSSR count). The number of carbonyl (C=O) groups is 2. The van der Waals surface area contributed by atoms with Crippen LogP contribution in [0.25, 0.3) is 11.5 Å². The van der Waals surface area contributed by atoms with Crippen LogP contribution in [-0.2, 0) is 4.79 Å². The van der Waals surface area contributed by atoms with Crippen molar-refractivity contribution in [2.24, 2.45) is 5.92 Å². The molecule has 0 saturated carbocycles. The first-order valence-electron chi connectivity index (χ1n) is 12.5. The van der Waals surface area contributed by atoms with Crippen LogP contribution in [0, 0.1) is 5.92 Å². The highest BCUT2D eigenvalue weighted by Crippen LogP contribution is 2.24. The maximum absolute atomic E-state index is 13.6. The van der Waals surface area contributed by atoms with Crippen molar-refractivity contribution >= 4 is 11.8 Å². The largest absolute Gasteiger partial charge is 0.355 e. The standard InChI is InChI=1S/C29H31N5O2/c1-22(23-10-4-2-5-11-23)20-30-27(35)24-14-18-33(19-15-24)29(36)26-21-31-34(25-12-6-3-7-13-25)28(26)32-16-8-9-17-32/h2-13,16-17,21-22,24H,14-15,18-20H2,1H3,(H,30,35). The number of benzene rings is 2. The second-order valence-electron chi connectivity index (χ2n) is 9.34. The highest BCUT2D eigenvalue weighted by atomic mass is 16.2. The molecule has 1 N–H and O–H groups in total. The zero-order chi connectivity index (χ0) is 24.9. The number of carbonyl (C=O) groups excluding carboxylic acids is 2. The first-order chi connectivity index (χ1) is 17.6. The van der Waals surface area contributed by atoms with Crippen LogP contribution in [-0.4, -0.2) is 50.7 Å². The summed E-state index contributed by atoms with van der Waals surface area (Å²) in [5.74, 6) is 0.913. The molecule has 3 heterocycles. The Morgan fingerprint density at radius 1 is 0.944 bits per heavy atom. The Bertz CT molecular complexity index is 1290. The van der Waals surface area contributed by atoms with Crippen LogP contribution in [0.3, 0.4) is 0 Å². The van der Waals surface area contributed by atoms with Gasteiger partial charge in [0.1, 0.15) is 5.56 Å². The molecule has 1 aliphatic rings. The first kappa shape index (κ1) is 23.6. The molecule has 7 nitrogen and oxygen atoms in total. The molecule has 1 saturated heterocycles. The molecule has 0 spiro atoms. The summed E-state index contributed by atoms with van der Waals surface area (Å²) in [4.78, 5) is 28.2. The Hall–Kier alpha value is -4.13. The number of nitrogens with one attached hydrogen (secondary N) is 1. The minimum Gasteiger partial charge on any atom is -0.355 e. The van der Waals surface area contributed by atoms with Gasteiger partial charge in [0.15, 0.2) is 5.82 Å². The molecule has 2 amide bonds. The highest BCUT2D eigenvalue weighted by Gasteiger charge is 2.30. The second-order valence-corrected chi connectivity index (χ2v) is 9.34. The van der Waals surface area contributed by atoms with Gasteiger partial charge in [0.2, 0.25) is 5.91 Å².